The third-order valence-electron chi connectivity index (χ3n) is 0.682. The maximum absolute atomic E-state index is 5.00. The minimum atomic E-state index is 0.698. The summed E-state index contributed by atoms with van der Waals surface area (Å²) in [5, 5.41) is 0. The van der Waals surface area contributed by atoms with Gasteiger partial charge in [-0.3, -0.25) is 0 Å². The molecule has 8 heavy (non-hydrogen) atoms. The van der Waals surface area contributed by atoms with Crippen LogP contribution in [0, 0.1) is 0 Å². The summed E-state index contributed by atoms with van der Waals surface area (Å²) in [6.07, 6.45) is 3.74. The van der Waals surface area contributed by atoms with Crippen LogP contribution in [0.15, 0.2) is 24.5 Å². The first-order chi connectivity index (χ1) is 3.81. The van der Waals surface area contributed by atoms with Crippen molar-refractivity contribution in [2.45, 2.75) is 13.8 Å². The molecule has 0 amide bonds. The van der Waals surface area contributed by atoms with Crippen molar-refractivity contribution < 1.29 is 4.74 Å². The Labute approximate surface area is 50.7 Å². The Hall–Kier alpha value is -0.720. The van der Waals surface area contributed by atoms with Crippen LogP contribution in [0.3, 0.4) is 0 Å². The van der Waals surface area contributed by atoms with Crippen molar-refractivity contribution in [3.63, 3.8) is 0 Å². The van der Waals surface area contributed by atoms with Crippen LogP contribution in [0.4, 0.5) is 0 Å². The number of hydrogen-bond acceptors (Lipinski definition) is 1. The van der Waals surface area contributed by atoms with E-state index in [1.165, 1.54) is 0 Å². The molecule has 0 aromatic carbocycles. The minimum Gasteiger partial charge on any atom is -0.495 e. The van der Waals surface area contributed by atoms with Gasteiger partial charge in [-0.05, 0) is 19.9 Å². The quantitative estimate of drug-likeness (QED) is 0.401. The second-order valence-corrected chi connectivity index (χ2v) is 1.40. The topological polar surface area (TPSA) is 9.23 Å². The Kier molecular flexibility index (Phi) is 4.04. The summed E-state index contributed by atoms with van der Waals surface area (Å²) in [6, 6.07) is 0. The van der Waals surface area contributed by atoms with Crippen molar-refractivity contribution in [3.8, 4) is 0 Å². The molecule has 0 aromatic rings. The highest BCUT2D eigenvalue weighted by atomic mass is 16.5. The molecule has 0 bridgehead atoms. The first kappa shape index (κ1) is 7.28. The summed E-state index contributed by atoms with van der Waals surface area (Å²) < 4.78 is 5.00. The Morgan fingerprint density at radius 2 is 2.38 bits per heavy atom. The molecule has 0 saturated carbocycles. The number of rotatable bonds is 3. The Morgan fingerprint density at radius 3 is 2.75 bits per heavy atom. The molecule has 0 rings (SSSR count). The van der Waals surface area contributed by atoms with E-state index < -0.39 is 0 Å². The van der Waals surface area contributed by atoms with Crippen molar-refractivity contribution in [1.29, 1.82) is 0 Å². The monoisotopic (exact) mass is 112 g/mol. The molecular formula is C7H12O. The maximum atomic E-state index is 5.00. The summed E-state index contributed by atoms with van der Waals surface area (Å²) in [7, 11) is 0. The number of ether oxygens (including phenoxy) is 1. The van der Waals surface area contributed by atoms with E-state index in [1.54, 1.807) is 0 Å². The highest BCUT2D eigenvalue weighted by Crippen LogP contribution is 1.92. The number of hydrogen-bond donors (Lipinski definition) is 0. The molecule has 1 heteroatoms. The fourth-order valence-electron chi connectivity index (χ4n) is 0.419. The van der Waals surface area contributed by atoms with Crippen LogP contribution in [0.25, 0.3) is 0 Å². The molecular weight excluding hydrogens is 100 g/mol. The fraction of sp³-hybridized carbons (Fsp3) is 0.429. The Balaban J connectivity index is 3.33. The molecule has 0 spiro atoms. The molecule has 0 fully saturated rings. The molecule has 0 saturated heterocycles. The molecule has 0 radical (unpaired) electrons. The second-order valence-electron chi connectivity index (χ2n) is 1.40. The van der Waals surface area contributed by atoms with Gasteiger partial charge in [0.05, 0.1) is 6.61 Å². The van der Waals surface area contributed by atoms with Gasteiger partial charge >= 0.3 is 0 Å². The lowest BCUT2D eigenvalue weighted by atomic mass is 10.5. The summed E-state index contributed by atoms with van der Waals surface area (Å²) >= 11 is 0. The van der Waals surface area contributed by atoms with Gasteiger partial charge in [-0.2, -0.15) is 0 Å². The van der Waals surface area contributed by atoms with Gasteiger partial charge in [-0.25, -0.2) is 0 Å². The van der Waals surface area contributed by atoms with Gasteiger partial charge in [0.1, 0.15) is 5.76 Å². The second kappa shape index (κ2) is 4.44. The predicted octanol–water partition coefficient (Wildman–Crippen LogP) is 2.11. The van der Waals surface area contributed by atoms with Gasteiger partial charge in [-0.15, -0.1) is 0 Å². The van der Waals surface area contributed by atoms with E-state index >= 15 is 0 Å². The lowest BCUT2D eigenvalue weighted by molar-refractivity contribution is 0.244. The first-order valence-electron chi connectivity index (χ1n) is 2.75. The average molecular weight is 112 g/mol. The molecule has 0 unspecified atom stereocenters. The van der Waals surface area contributed by atoms with Crippen LogP contribution < -0.4 is 0 Å². The first-order valence-corrected chi connectivity index (χ1v) is 2.75. The van der Waals surface area contributed by atoms with Crippen molar-refractivity contribution in [2.24, 2.45) is 0 Å². The number of allylic oxidation sites excluding steroid dienone is 2. The lowest BCUT2D eigenvalue weighted by Gasteiger charge is -1.98. The predicted molar refractivity (Wildman–Crippen MR) is 35.6 cm³/mol. The third-order valence-corrected chi connectivity index (χ3v) is 0.682. The van der Waals surface area contributed by atoms with E-state index in [2.05, 4.69) is 6.58 Å². The van der Waals surface area contributed by atoms with E-state index in [-0.39, 0.29) is 0 Å². The van der Waals surface area contributed by atoms with Crippen molar-refractivity contribution in [3.05, 3.63) is 24.5 Å². The Morgan fingerprint density at radius 1 is 1.75 bits per heavy atom. The molecule has 0 N–H and O–H groups in total. The molecule has 0 aliphatic heterocycles. The van der Waals surface area contributed by atoms with E-state index in [0.717, 1.165) is 5.76 Å². The lowest BCUT2D eigenvalue weighted by Crippen LogP contribution is -1.84. The molecule has 0 aliphatic rings. The molecule has 0 atom stereocenters. The normalized spacial score (nSPS) is 9.75. The summed E-state index contributed by atoms with van der Waals surface area (Å²) in [5.74, 6) is 0.731. The van der Waals surface area contributed by atoms with Gasteiger partial charge in [0.15, 0.2) is 0 Å². The molecule has 0 heterocycles. The summed E-state index contributed by atoms with van der Waals surface area (Å²) in [6.45, 7) is 8.20. The molecule has 46 valence electrons. The van der Waals surface area contributed by atoms with Gasteiger partial charge in [0.2, 0.25) is 0 Å². The smallest absolute Gasteiger partial charge is 0.111 e. The zero-order valence-electron chi connectivity index (χ0n) is 5.48. The molecule has 0 aromatic heterocycles. The van der Waals surface area contributed by atoms with E-state index in [9.17, 15) is 0 Å². The standard InChI is InChI=1S/C7H12O/c1-4-6-7(3)8-5-2/h4,6H,3,5H2,1-2H3/b6-4-. The molecule has 1 nitrogen and oxygen atoms in total. The van der Waals surface area contributed by atoms with Gasteiger partial charge < -0.3 is 4.74 Å². The average Bonchev–Trinajstić information content (AvgIpc) is 1.68. The zero-order valence-corrected chi connectivity index (χ0v) is 5.48. The van der Waals surface area contributed by atoms with Crippen molar-refractivity contribution >= 4 is 0 Å². The minimum absolute atomic E-state index is 0.698. The van der Waals surface area contributed by atoms with Crippen LogP contribution in [-0.2, 0) is 4.74 Å². The SMILES string of the molecule is C=C(/C=C\C)OCC. The van der Waals surface area contributed by atoms with Crippen molar-refractivity contribution in [2.75, 3.05) is 6.61 Å². The Bertz CT molecular complexity index is 92.6. The van der Waals surface area contributed by atoms with E-state index in [4.69, 9.17) is 4.74 Å². The highest BCUT2D eigenvalue weighted by molar-refractivity contribution is 5.05. The third kappa shape index (κ3) is 3.47. The van der Waals surface area contributed by atoms with Crippen LogP contribution in [0.2, 0.25) is 0 Å². The van der Waals surface area contributed by atoms with E-state index in [0.29, 0.717) is 6.61 Å². The van der Waals surface area contributed by atoms with Gasteiger partial charge in [-0.1, -0.05) is 12.7 Å². The van der Waals surface area contributed by atoms with Gasteiger partial charge in [0, 0.05) is 0 Å². The summed E-state index contributed by atoms with van der Waals surface area (Å²) in [5.41, 5.74) is 0. The largest absolute Gasteiger partial charge is 0.495 e. The van der Waals surface area contributed by atoms with Crippen LogP contribution >= 0.6 is 0 Å². The van der Waals surface area contributed by atoms with Crippen LogP contribution in [0.1, 0.15) is 13.8 Å². The van der Waals surface area contributed by atoms with Gasteiger partial charge in [0.25, 0.3) is 0 Å². The van der Waals surface area contributed by atoms with Crippen LogP contribution in [-0.4, -0.2) is 6.61 Å². The zero-order chi connectivity index (χ0) is 6.41. The van der Waals surface area contributed by atoms with Crippen LogP contribution in [0.5, 0.6) is 0 Å². The summed E-state index contributed by atoms with van der Waals surface area (Å²) in [4.78, 5) is 0. The molecule has 0 aliphatic carbocycles. The highest BCUT2D eigenvalue weighted by Gasteiger charge is 1.79. The maximum Gasteiger partial charge on any atom is 0.111 e. The van der Waals surface area contributed by atoms with E-state index in [1.807, 2.05) is 26.0 Å². The fourth-order valence-corrected chi connectivity index (χ4v) is 0.419. The van der Waals surface area contributed by atoms with Crippen molar-refractivity contribution in [1.82, 2.24) is 0 Å².